The van der Waals surface area contributed by atoms with E-state index < -0.39 is 9.84 Å². The monoisotopic (exact) mass is 626 g/mol. The quantitative estimate of drug-likeness (QED) is 0.334. The molecule has 2 aliphatic heterocycles. The molecule has 1 aliphatic carbocycles. The molecule has 2 fully saturated rings. The fourth-order valence-electron chi connectivity index (χ4n) is 5.79. The third-order valence-electron chi connectivity index (χ3n) is 8.38. The van der Waals surface area contributed by atoms with E-state index in [2.05, 4.69) is 15.2 Å². The largest absolute Gasteiger partial charge is 0.358 e. The van der Waals surface area contributed by atoms with E-state index in [1.807, 2.05) is 18.7 Å². The summed E-state index contributed by atoms with van der Waals surface area (Å²) in [5.41, 5.74) is 4.36. The van der Waals surface area contributed by atoms with Gasteiger partial charge in [-0.2, -0.15) is 0 Å². The summed E-state index contributed by atoms with van der Waals surface area (Å²) in [6, 6.07) is 9.40. The zero-order valence-corrected chi connectivity index (χ0v) is 25.8. The van der Waals surface area contributed by atoms with Crippen LogP contribution in [0.15, 0.2) is 41.3 Å². The first kappa shape index (κ1) is 29.0. The van der Waals surface area contributed by atoms with Gasteiger partial charge in [-0.3, -0.25) is 14.5 Å². The van der Waals surface area contributed by atoms with E-state index in [1.54, 1.807) is 30.3 Å². The number of carbonyl (C=O) groups excluding carboxylic acids is 2. The second-order valence-corrected chi connectivity index (χ2v) is 14.2. The Balaban J connectivity index is 1.26. The molecule has 3 aliphatic rings. The van der Waals surface area contributed by atoms with Gasteiger partial charge in [0.1, 0.15) is 0 Å². The van der Waals surface area contributed by atoms with Crippen molar-refractivity contribution in [3.8, 4) is 0 Å². The van der Waals surface area contributed by atoms with Crippen LogP contribution in [0.25, 0.3) is 11.6 Å². The van der Waals surface area contributed by atoms with Gasteiger partial charge in [0, 0.05) is 71.0 Å². The molecule has 0 spiro atoms. The van der Waals surface area contributed by atoms with Crippen LogP contribution in [0, 0.1) is 19.8 Å². The van der Waals surface area contributed by atoms with Gasteiger partial charge < -0.3 is 15.2 Å². The highest BCUT2D eigenvalue weighted by Gasteiger charge is 2.31. The zero-order chi connectivity index (χ0) is 29.8. The second-order valence-electron chi connectivity index (χ2n) is 11.4. The van der Waals surface area contributed by atoms with E-state index in [0.717, 1.165) is 36.8 Å². The number of amides is 2. The van der Waals surface area contributed by atoms with Gasteiger partial charge in [-0.05, 0) is 74.6 Å². The number of H-pyrrole nitrogens is 1. The van der Waals surface area contributed by atoms with Crippen molar-refractivity contribution in [3.05, 3.63) is 80.1 Å². The van der Waals surface area contributed by atoms with Crippen LogP contribution in [-0.4, -0.2) is 67.7 Å². The fraction of sp³-hybridized carbons (Fsp3) is 0.355. The molecule has 1 saturated carbocycles. The molecule has 1 aromatic heterocycles. The molecular formula is C31H32Cl2N4O4S. The molecule has 2 aromatic carbocycles. The molecule has 8 nitrogen and oxygen atoms in total. The Morgan fingerprint density at radius 1 is 1.05 bits per heavy atom. The second kappa shape index (κ2) is 11.2. The van der Waals surface area contributed by atoms with Gasteiger partial charge >= 0.3 is 0 Å². The molecule has 0 unspecified atom stereocenters. The molecule has 220 valence electrons. The molecule has 3 heterocycles. The topological polar surface area (TPSA) is 103 Å². The number of sulfone groups is 1. The number of nitrogens with one attached hydrogen (secondary N) is 2. The number of anilines is 1. The van der Waals surface area contributed by atoms with Gasteiger partial charge in [0.25, 0.3) is 11.8 Å². The number of aromatic nitrogens is 1. The summed E-state index contributed by atoms with van der Waals surface area (Å²) in [4.78, 5) is 34.3. The highest BCUT2D eigenvalue weighted by molar-refractivity contribution is 7.90. The summed E-state index contributed by atoms with van der Waals surface area (Å²) < 4.78 is 26.7. The Hall–Kier alpha value is -3.11. The first-order valence-electron chi connectivity index (χ1n) is 14.1. The van der Waals surface area contributed by atoms with E-state index in [0.29, 0.717) is 46.7 Å². The molecule has 0 radical (unpaired) electrons. The Labute approximate surface area is 255 Å². The maximum atomic E-state index is 13.6. The Morgan fingerprint density at radius 3 is 2.40 bits per heavy atom. The SMILES string of the molecule is Cc1[nH]c(C=C2C(=O)Nc3ccc(S(=O)(=O)Cc4c(Cl)cccc4Cl)cc32)c(C)c1C(=O)N1CCN(CC2CC2)CC1. The minimum Gasteiger partial charge on any atom is -0.358 e. The summed E-state index contributed by atoms with van der Waals surface area (Å²) in [6.45, 7) is 8.01. The zero-order valence-electron chi connectivity index (χ0n) is 23.5. The lowest BCUT2D eigenvalue weighted by Gasteiger charge is -2.35. The van der Waals surface area contributed by atoms with Crippen molar-refractivity contribution in [3.63, 3.8) is 0 Å². The summed E-state index contributed by atoms with van der Waals surface area (Å²) in [5, 5.41) is 3.36. The standard InChI is InChI=1S/C31H32Cl2N4O4S/c1-18-28(34-19(2)29(18)31(39)37-12-10-36(11-13-37)16-20-6-7-20)15-23-22-14-21(8-9-27(22)35-30(23)38)42(40,41)17-24-25(32)4-3-5-26(24)33/h3-5,8-9,14-15,20,34H,6-7,10-13,16-17H2,1-2H3,(H,35,38). The van der Waals surface area contributed by atoms with E-state index >= 15 is 0 Å². The number of halogens is 2. The van der Waals surface area contributed by atoms with Crippen LogP contribution in [0.3, 0.4) is 0 Å². The fourth-order valence-corrected chi connectivity index (χ4v) is 7.91. The first-order chi connectivity index (χ1) is 20.0. The van der Waals surface area contributed by atoms with Crippen molar-refractivity contribution in [2.45, 2.75) is 37.3 Å². The molecule has 2 amide bonds. The number of benzene rings is 2. The third-order valence-corrected chi connectivity index (χ3v) is 10.7. The smallest absolute Gasteiger partial charge is 0.256 e. The lowest BCUT2D eigenvalue weighted by Crippen LogP contribution is -2.49. The summed E-state index contributed by atoms with van der Waals surface area (Å²) in [7, 11) is -3.83. The Morgan fingerprint density at radius 2 is 1.74 bits per heavy atom. The maximum Gasteiger partial charge on any atom is 0.256 e. The van der Waals surface area contributed by atoms with Crippen molar-refractivity contribution < 1.29 is 18.0 Å². The highest BCUT2D eigenvalue weighted by Crippen LogP contribution is 2.37. The maximum absolute atomic E-state index is 13.6. The summed E-state index contributed by atoms with van der Waals surface area (Å²) in [5.74, 6) is 0.0896. The number of piperazine rings is 1. The molecule has 0 bridgehead atoms. The van der Waals surface area contributed by atoms with Crippen LogP contribution in [0.5, 0.6) is 0 Å². The summed E-state index contributed by atoms with van der Waals surface area (Å²) >= 11 is 12.5. The lowest BCUT2D eigenvalue weighted by molar-refractivity contribution is -0.110. The number of hydrogen-bond donors (Lipinski definition) is 2. The number of hydrogen-bond acceptors (Lipinski definition) is 5. The molecule has 3 aromatic rings. The van der Waals surface area contributed by atoms with E-state index in [-0.39, 0.29) is 32.5 Å². The molecule has 2 N–H and O–H groups in total. The van der Waals surface area contributed by atoms with E-state index in [1.165, 1.54) is 25.0 Å². The number of aryl methyl sites for hydroxylation is 1. The third kappa shape index (κ3) is 5.63. The highest BCUT2D eigenvalue weighted by atomic mass is 35.5. The van der Waals surface area contributed by atoms with E-state index in [9.17, 15) is 18.0 Å². The van der Waals surface area contributed by atoms with Crippen molar-refractivity contribution in [2.24, 2.45) is 5.92 Å². The predicted molar refractivity (Wildman–Crippen MR) is 166 cm³/mol. The van der Waals surface area contributed by atoms with Gasteiger partial charge in [-0.1, -0.05) is 29.3 Å². The van der Waals surface area contributed by atoms with Crippen LogP contribution in [0.1, 0.15) is 51.3 Å². The molecule has 0 atom stereocenters. The Bertz CT molecular complexity index is 1720. The lowest BCUT2D eigenvalue weighted by atomic mass is 10.0. The van der Waals surface area contributed by atoms with Gasteiger partial charge in [0.05, 0.1) is 21.8 Å². The van der Waals surface area contributed by atoms with E-state index in [4.69, 9.17) is 23.2 Å². The average molecular weight is 628 g/mol. The van der Waals surface area contributed by atoms with Crippen LogP contribution < -0.4 is 5.32 Å². The molecule has 42 heavy (non-hydrogen) atoms. The minimum absolute atomic E-state index is 0.0140. The number of fused-ring (bicyclic) bond motifs is 1. The summed E-state index contributed by atoms with van der Waals surface area (Å²) in [6.07, 6.45) is 4.32. The van der Waals surface area contributed by atoms with Gasteiger partial charge in [0.2, 0.25) is 0 Å². The Kier molecular flexibility index (Phi) is 7.72. The van der Waals surface area contributed by atoms with Crippen molar-refractivity contribution in [1.82, 2.24) is 14.8 Å². The predicted octanol–water partition coefficient (Wildman–Crippen LogP) is 5.57. The normalized spacial score (nSPS) is 18.4. The number of carbonyl (C=O) groups is 2. The van der Waals surface area contributed by atoms with Gasteiger partial charge in [0.15, 0.2) is 9.84 Å². The van der Waals surface area contributed by atoms with Crippen LogP contribution in [0.4, 0.5) is 5.69 Å². The van der Waals surface area contributed by atoms with Crippen molar-refractivity contribution >= 4 is 62.2 Å². The molecular weight excluding hydrogens is 595 g/mol. The molecule has 6 rings (SSSR count). The van der Waals surface area contributed by atoms with Gasteiger partial charge in [-0.25, -0.2) is 8.42 Å². The van der Waals surface area contributed by atoms with Crippen LogP contribution >= 0.6 is 23.2 Å². The number of rotatable bonds is 7. The first-order valence-corrected chi connectivity index (χ1v) is 16.5. The number of aromatic amines is 1. The molecule has 1 saturated heterocycles. The minimum atomic E-state index is -3.83. The van der Waals surface area contributed by atoms with Crippen molar-refractivity contribution in [1.29, 1.82) is 0 Å². The average Bonchev–Trinajstić information content (AvgIpc) is 3.65. The molecule has 11 heteroatoms. The van der Waals surface area contributed by atoms with Crippen LogP contribution in [0.2, 0.25) is 10.0 Å². The van der Waals surface area contributed by atoms with Crippen molar-refractivity contribution in [2.75, 3.05) is 38.0 Å². The number of nitrogens with zero attached hydrogens (tertiary/aromatic N) is 2. The van der Waals surface area contributed by atoms with Gasteiger partial charge in [-0.15, -0.1) is 0 Å². The van der Waals surface area contributed by atoms with Crippen LogP contribution in [-0.2, 0) is 20.4 Å².